The molecule has 17 heavy (non-hydrogen) atoms. The van der Waals surface area contributed by atoms with Gasteiger partial charge in [-0.05, 0) is 55.0 Å². The van der Waals surface area contributed by atoms with Crippen molar-refractivity contribution in [3.05, 3.63) is 44.8 Å². The van der Waals surface area contributed by atoms with Gasteiger partial charge in [-0.25, -0.2) is 0 Å². The summed E-state index contributed by atoms with van der Waals surface area (Å²) in [4.78, 5) is 2.94. The third-order valence-electron chi connectivity index (χ3n) is 2.92. The highest BCUT2D eigenvalue weighted by Crippen LogP contribution is 2.15. The summed E-state index contributed by atoms with van der Waals surface area (Å²) < 4.78 is 0. The van der Waals surface area contributed by atoms with Gasteiger partial charge < -0.3 is 5.73 Å². The Hall–Kier alpha value is -0.640. The molecule has 1 atom stereocenters. The van der Waals surface area contributed by atoms with Crippen molar-refractivity contribution in [2.45, 2.75) is 38.1 Å². The van der Waals surface area contributed by atoms with Crippen LogP contribution in [0.2, 0.25) is 0 Å². The first-order valence-corrected chi connectivity index (χ1v) is 7.91. The van der Waals surface area contributed by atoms with E-state index in [0.717, 1.165) is 19.3 Å². The molecular formula is C14H19NS2. The van der Waals surface area contributed by atoms with E-state index < -0.39 is 0 Å². The maximum atomic E-state index is 6.14. The molecule has 0 fully saturated rings. The van der Waals surface area contributed by atoms with Crippen LogP contribution in [0.3, 0.4) is 0 Å². The molecule has 0 amide bonds. The molecule has 0 aliphatic rings. The zero-order chi connectivity index (χ0) is 11.9. The van der Waals surface area contributed by atoms with Crippen molar-refractivity contribution >= 4 is 22.7 Å². The van der Waals surface area contributed by atoms with Crippen LogP contribution in [0, 0.1) is 0 Å². The van der Waals surface area contributed by atoms with Crippen molar-refractivity contribution in [3.63, 3.8) is 0 Å². The minimum atomic E-state index is 0.358. The molecule has 0 spiro atoms. The number of hydrogen-bond acceptors (Lipinski definition) is 3. The van der Waals surface area contributed by atoms with Gasteiger partial charge in [-0.1, -0.05) is 12.1 Å². The zero-order valence-corrected chi connectivity index (χ0v) is 11.6. The fourth-order valence-corrected chi connectivity index (χ4v) is 3.40. The van der Waals surface area contributed by atoms with Gasteiger partial charge in [0.25, 0.3) is 0 Å². The Morgan fingerprint density at radius 2 is 1.59 bits per heavy atom. The lowest BCUT2D eigenvalue weighted by Crippen LogP contribution is -2.20. The molecule has 0 radical (unpaired) electrons. The van der Waals surface area contributed by atoms with Gasteiger partial charge in [-0.3, -0.25) is 0 Å². The summed E-state index contributed by atoms with van der Waals surface area (Å²) in [5.41, 5.74) is 6.14. The van der Waals surface area contributed by atoms with Gasteiger partial charge in [0.1, 0.15) is 0 Å². The minimum Gasteiger partial charge on any atom is -0.328 e. The maximum Gasteiger partial charge on any atom is 0.00458 e. The van der Waals surface area contributed by atoms with Crippen LogP contribution in [0.15, 0.2) is 35.0 Å². The minimum absolute atomic E-state index is 0.358. The second kappa shape index (κ2) is 6.94. The Kier molecular flexibility index (Phi) is 5.23. The third-order valence-corrected chi connectivity index (χ3v) is 4.79. The summed E-state index contributed by atoms with van der Waals surface area (Å²) in [6, 6.07) is 9.00. The van der Waals surface area contributed by atoms with E-state index >= 15 is 0 Å². The van der Waals surface area contributed by atoms with Crippen molar-refractivity contribution in [2.24, 2.45) is 5.73 Å². The van der Waals surface area contributed by atoms with Gasteiger partial charge in [0, 0.05) is 15.8 Å². The van der Waals surface area contributed by atoms with Gasteiger partial charge in [-0.2, -0.15) is 0 Å². The number of thiophene rings is 2. The molecule has 1 nitrogen and oxygen atoms in total. The van der Waals surface area contributed by atoms with Gasteiger partial charge in [0.15, 0.2) is 0 Å². The third kappa shape index (κ3) is 4.62. The van der Waals surface area contributed by atoms with E-state index in [4.69, 9.17) is 5.73 Å². The van der Waals surface area contributed by atoms with Crippen molar-refractivity contribution < 1.29 is 0 Å². The van der Waals surface area contributed by atoms with Gasteiger partial charge in [-0.15, -0.1) is 22.7 Å². The molecule has 2 N–H and O–H groups in total. The summed E-state index contributed by atoms with van der Waals surface area (Å²) in [5.74, 6) is 0. The summed E-state index contributed by atoms with van der Waals surface area (Å²) in [5, 5.41) is 4.28. The van der Waals surface area contributed by atoms with Gasteiger partial charge >= 0.3 is 0 Å². The van der Waals surface area contributed by atoms with Gasteiger partial charge in [0.2, 0.25) is 0 Å². The Morgan fingerprint density at radius 3 is 2.18 bits per heavy atom. The van der Waals surface area contributed by atoms with Crippen molar-refractivity contribution in [1.82, 2.24) is 0 Å². The summed E-state index contributed by atoms with van der Waals surface area (Å²) in [6.45, 7) is 0. The van der Waals surface area contributed by atoms with E-state index in [2.05, 4.69) is 35.0 Å². The van der Waals surface area contributed by atoms with E-state index in [1.807, 2.05) is 22.7 Å². The first-order valence-electron chi connectivity index (χ1n) is 6.15. The molecular weight excluding hydrogens is 246 g/mol. The molecule has 2 aromatic heterocycles. The van der Waals surface area contributed by atoms with E-state index in [-0.39, 0.29) is 0 Å². The molecule has 0 bridgehead atoms. The molecule has 0 aliphatic heterocycles. The predicted octanol–water partition coefficient (Wildman–Crippen LogP) is 4.09. The number of nitrogens with two attached hydrogens (primary N) is 1. The van der Waals surface area contributed by atoms with E-state index in [1.165, 1.54) is 22.6 Å². The number of aryl methyl sites for hydroxylation is 2. The Balaban J connectivity index is 1.59. The first-order chi connectivity index (χ1) is 8.34. The van der Waals surface area contributed by atoms with Crippen molar-refractivity contribution in [3.8, 4) is 0 Å². The second-order valence-electron chi connectivity index (χ2n) is 4.35. The Morgan fingerprint density at radius 1 is 0.941 bits per heavy atom. The lowest BCUT2D eigenvalue weighted by molar-refractivity contribution is 0.549. The van der Waals surface area contributed by atoms with Crippen molar-refractivity contribution in [1.29, 1.82) is 0 Å². The smallest absolute Gasteiger partial charge is 0.00458 e. The monoisotopic (exact) mass is 265 g/mol. The first kappa shape index (κ1) is 12.8. The van der Waals surface area contributed by atoms with Crippen LogP contribution in [-0.4, -0.2) is 6.04 Å². The summed E-state index contributed by atoms with van der Waals surface area (Å²) >= 11 is 3.68. The quantitative estimate of drug-likeness (QED) is 0.801. The van der Waals surface area contributed by atoms with Crippen LogP contribution >= 0.6 is 22.7 Å². The molecule has 92 valence electrons. The van der Waals surface area contributed by atoms with Crippen LogP contribution in [0.5, 0.6) is 0 Å². The lowest BCUT2D eigenvalue weighted by atomic mass is 10.0. The standard InChI is InChI=1S/C14H19NS2/c15-12(8-9-14-7-3-11-17-14)4-1-5-13-6-2-10-16-13/h2-3,6-7,10-12H,1,4-5,8-9,15H2. The van der Waals surface area contributed by atoms with Crippen LogP contribution in [0.1, 0.15) is 29.0 Å². The zero-order valence-electron chi connectivity index (χ0n) is 9.97. The average molecular weight is 265 g/mol. The van der Waals surface area contributed by atoms with E-state index in [0.29, 0.717) is 6.04 Å². The van der Waals surface area contributed by atoms with Crippen LogP contribution < -0.4 is 5.73 Å². The number of hydrogen-bond donors (Lipinski definition) is 1. The molecule has 2 rings (SSSR count). The molecule has 2 aromatic rings. The van der Waals surface area contributed by atoms with E-state index in [1.54, 1.807) is 0 Å². The molecule has 3 heteroatoms. The highest BCUT2D eigenvalue weighted by molar-refractivity contribution is 7.10. The largest absolute Gasteiger partial charge is 0.328 e. The molecule has 0 aliphatic carbocycles. The lowest BCUT2D eigenvalue weighted by Gasteiger charge is -2.10. The molecule has 0 saturated heterocycles. The highest BCUT2D eigenvalue weighted by atomic mass is 32.1. The normalized spacial score (nSPS) is 12.8. The second-order valence-corrected chi connectivity index (χ2v) is 6.41. The Bertz CT molecular complexity index is 392. The predicted molar refractivity (Wildman–Crippen MR) is 77.9 cm³/mol. The van der Waals surface area contributed by atoms with Crippen LogP contribution in [0.4, 0.5) is 0 Å². The SMILES string of the molecule is NC(CCCc1cccs1)CCc1cccs1. The fraction of sp³-hybridized carbons (Fsp3) is 0.429. The fourth-order valence-electron chi connectivity index (χ4n) is 1.92. The summed E-state index contributed by atoms with van der Waals surface area (Å²) in [7, 11) is 0. The average Bonchev–Trinajstić information content (AvgIpc) is 2.99. The molecule has 2 heterocycles. The molecule has 1 unspecified atom stereocenters. The molecule has 0 aromatic carbocycles. The van der Waals surface area contributed by atoms with Crippen molar-refractivity contribution in [2.75, 3.05) is 0 Å². The number of rotatable bonds is 7. The highest BCUT2D eigenvalue weighted by Gasteiger charge is 2.04. The topological polar surface area (TPSA) is 26.0 Å². The van der Waals surface area contributed by atoms with Crippen LogP contribution in [0.25, 0.3) is 0 Å². The van der Waals surface area contributed by atoms with Crippen LogP contribution in [-0.2, 0) is 12.8 Å². The van der Waals surface area contributed by atoms with E-state index in [9.17, 15) is 0 Å². The Labute approximate surface area is 111 Å². The summed E-state index contributed by atoms with van der Waals surface area (Å²) in [6.07, 6.45) is 5.79. The maximum absolute atomic E-state index is 6.14. The van der Waals surface area contributed by atoms with Gasteiger partial charge in [0.05, 0.1) is 0 Å². The molecule has 0 saturated carbocycles.